The van der Waals surface area contributed by atoms with Crippen LogP contribution in [0.1, 0.15) is 32.3 Å². The molecule has 110 valence electrons. The smallest absolute Gasteiger partial charge is 0.148 e. The molecule has 0 amide bonds. The standard InChI is InChI=1S/C13H23NO3S2/c1-13(2,3)14-9-11-5-6-12(17-11)10-18-7-8-19(4,15)16/h5-6,14H,7-10H2,1-4H3. The predicted molar refractivity (Wildman–Crippen MR) is 81.2 cm³/mol. The molecule has 0 saturated heterocycles. The third kappa shape index (κ3) is 8.34. The van der Waals surface area contributed by atoms with E-state index in [9.17, 15) is 8.42 Å². The molecule has 0 atom stereocenters. The molecule has 1 heterocycles. The summed E-state index contributed by atoms with van der Waals surface area (Å²) in [5.41, 5.74) is 0.0667. The largest absolute Gasteiger partial charge is 0.464 e. The molecule has 0 bridgehead atoms. The Bertz CT molecular complexity index is 486. The number of furan rings is 1. The van der Waals surface area contributed by atoms with Crippen molar-refractivity contribution in [1.82, 2.24) is 5.32 Å². The van der Waals surface area contributed by atoms with Gasteiger partial charge in [0.05, 0.1) is 18.1 Å². The van der Waals surface area contributed by atoms with Gasteiger partial charge in [-0.3, -0.25) is 0 Å². The second-order valence-electron chi connectivity index (χ2n) is 5.65. The third-order valence-electron chi connectivity index (χ3n) is 2.35. The van der Waals surface area contributed by atoms with E-state index in [2.05, 4.69) is 26.1 Å². The van der Waals surface area contributed by atoms with Crippen LogP contribution in [0.4, 0.5) is 0 Å². The summed E-state index contributed by atoms with van der Waals surface area (Å²) in [7, 11) is -2.86. The molecular weight excluding hydrogens is 282 g/mol. The van der Waals surface area contributed by atoms with Crippen LogP contribution < -0.4 is 5.32 Å². The zero-order valence-corrected chi connectivity index (χ0v) is 13.7. The van der Waals surface area contributed by atoms with Gasteiger partial charge in [0.2, 0.25) is 0 Å². The zero-order chi connectivity index (χ0) is 14.5. The van der Waals surface area contributed by atoms with Gasteiger partial charge >= 0.3 is 0 Å². The van der Waals surface area contributed by atoms with Gasteiger partial charge in [-0.2, -0.15) is 11.8 Å². The summed E-state index contributed by atoms with van der Waals surface area (Å²) < 4.78 is 27.6. The fraction of sp³-hybridized carbons (Fsp3) is 0.692. The van der Waals surface area contributed by atoms with E-state index in [4.69, 9.17) is 4.42 Å². The highest BCUT2D eigenvalue weighted by Gasteiger charge is 2.10. The van der Waals surface area contributed by atoms with Crippen LogP contribution in [0.15, 0.2) is 16.5 Å². The summed E-state index contributed by atoms with van der Waals surface area (Å²) >= 11 is 1.58. The molecule has 0 fully saturated rings. The minimum Gasteiger partial charge on any atom is -0.464 e. The van der Waals surface area contributed by atoms with Crippen molar-refractivity contribution in [3.05, 3.63) is 23.7 Å². The molecule has 0 aliphatic rings. The molecule has 1 aromatic heterocycles. The van der Waals surface area contributed by atoms with Gasteiger partial charge in [-0.15, -0.1) is 0 Å². The fourth-order valence-corrected chi connectivity index (χ4v) is 3.51. The van der Waals surface area contributed by atoms with Gasteiger partial charge < -0.3 is 9.73 Å². The zero-order valence-electron chi connectivity index (χ0n) is 12.0. The van der Waals surface area contributed by atoms with E-state index < -0.39 is 9.84 Å². The van der Waals surface area contributed by atoms with Crippen molar-refractivity contribution < 1.29 is 12.8 Å². The van der Waals surface area contributed by atoms with Crippen molar-refractivity contribution in [2.75, 3.05) is 17.8 Å². The first-order chi connectivity index (χ1) is 8.66. The van der Waals surface area contributed by atoms with Crippen molar-refractivity contribution in [3.8, 4) is 0 Å². The van der Waals surface area contributed by atoms with E-state index >= 15 is 0 Å². The Morgan fingerprint density at radius 3 is 2.47 bits per heavy atom. The van der Waals surface area contributed by atoms with Crippen LogP contribution in [0.3, 0.4) is 0 Å². The van der Waals surface area contributed by atoms with Crippen LogP contribution in [0.25, 0.3) is 0 Å². The molecule has 0 saturated carbocycles. The fourth-order valence-electron chi connectivity index (χ4n) is 1.33. The summed E-state index contributed by atoms with van der Waals surface area (Å²) in [6.45, 7) is 7.03. The first-order valence-electron chi connectivity index (χ1n) is 6.24. The van der Waals surface area contributed by atoms with E-state index in [-0.39, 0.29) is 11.3 Å². The molecule has 4 nitrogen and oxygen atoms in total. The maximum Gasteiger partial charge on any atom is 0.148 e. The van der Waals surface area contributed by atoms with Gasteiger partial charge in [-0.05, 0) is 32.9 Å². The van der Waals surface area contributed by atoms with E-state index in [0.717, 1.165) is 11.5 Å². The number of rotatable bonds is 7. The third-order valence-corrected chi connectivity index (χ3v) is 4.54. The molecule has 0 unspecified atom stereocenters. The average molecular weight is 305 g/mol. The monoisotopic (exact) mass is 305 g/mol. The molecule has 0 aromatic carbocycles. The van der Waals surface area contributed by atoms with Gasteiger partial charge in [-0.25, -0.2) is 8.42 Å². The molecule has 1 aromatic rings. The maximum atomic E-state index is 11.0. The Kier molecular flexibility index (Phi) is 5.95. The highest BCUT2D eigenvalue weighted by molar-refractivity contribution is 7.99. The molecule has 1 rings (SSSR count). The van der Waals surface area contributed by atoms with Crippen molar-refractivity contribution in [2.24, 2.45) is 0 Å². The lowest BCUT2D eigenvalue weighted by atomic mass is 10.1. The van der Waals surface area contributed by atoms with Gasteiger partial charge in [0, 0.05) is 17.5 Å². The van der Waals surface area contributed by atoms with Gasteiger partial charge in [0.25, 0.3) is 0 Å². The second-order valence-corrected chi connectivity index (χ2v) is 9.02. The van der Waals surface area contributed by atoms with Crippen molar-refractivity contribution in [3.63, 3.8) is 0 Å². The Morgan fingerprint density at radius 2 is 1.89 bits per heavy atom. The molecule has 0 aliphatic heterocycles. The Morgan fingerprint density at radius 1 is 1.26 bits per heavy atom. The van der Waals surface area contributed by atoms with Crippen LogP contribution in [-0.4, -0.2) is 31.7 Å². The lowest BCUT2D eigenvalue weighted by Crippen LogP contribution is -2.34. The summed E-state index contributed by atoms with van der Waals surface area (Å²) in [5.74, 6) is 3.34. The van der Waals surface area contributed by atoms with E-state index in [1.807, 2.05) is 12.1 Å². The van der Waals surface area contributed by atoms with Crippen molar-refractivity contribution >= 4 is 21.6 Å². The maximum absolute atomic E-state index is 11.0. The molecule has 6 heteroatoms. The van der Waals surface area contributed by atoms with Crippen LogP contribution in [0.5, 0.6) is 0 Å². The lowest BCUT2D eigenvalue weighted by Gasteiger charge is -2.19. The Labute approximate surface area is 120 Å². The van der Waals surface area contributed by atoms with Crippen LogP contribution in [0.2, 0.25) is 0 Å². The number of sulfone groups is 1. The van der Waals surface area contributed by atoms with Crippen LogP contribution >= 0.6 is 11.8 Å². The summed E-state index contributed by atoms with van der Waals surface area (Å²) in [5, 5.41) is 3.36. The lowest BCUT2D eigenvalue weighted by molar-refractivity contribution is 0.382. The topological polar surface area (TPSA) is 59.3 Å². The molecular formula is C13H23NO3S2. The normalized spacial score (nSPS) is 12.8. The van der Waals surface area contributed by atoms with Gasteiger partial charge in [0.15, 0.2) is 0 Å². The second kappa shape index (κ2) is 6.81. The molecule has 19 heavy (non-hydrogen) atoms. The van der Waals surface area contributed by atoms with Gasteiger partial charge in [-0.1, -0.05) is 0 Å². The van der Waals surface area contributed by atoms with Crippen molar-refractivity contribution in [2.45, 2.75) is 38.6 Å². The minimum absolute atomic E-state index is 0.0667. The van der Waals surface area contributed by atoms with Crippen LogP contribution in [0, 0.1) is 0 Å². The quantitative estimate of drug-likeness (QED) is 0.784. The summed E-state index contributed by atoms with van der Waals surface area (Å²) in [6.07, 6.45) is 1.26. The number of hydrogen-bond acceptors (Lipinski definition) is 5. The summed E-state index contributed by atoms with van der Waals surface area (Å²) in [6, 6.07) is 3.91. The summed E-state index contributed by atoms with van der Waals surface area (Å²) in [4.78, 5) is 0. The van der Waals surface area contributed by atoms with Crippen molar-refractivity contribution in [1.29, 1.82) is 0 Å². The first kappa shape index (κ1) is 16.6. The highest BCUT2D eigenvalue weighted by Crippen LogP contribution is 2.16. The van der Waals surface area contributed by atoms with E-state index in [1.54, 1.807) is 11.8 Å². The highest BCUT2D eigenvalue weighted by atomic mass is 32.2. The SMILES string of the molecule is CC(C)(C)NCc1ccc(CSCCS(C)(=O)=O)o1. The number of nitrogens with one attached hydrogen (secondary N) is 1. The average Bonchev–Trinajstić information content (AvgIpc) is 2.67. The molecule has 0 aliphatic carbocycles. The molecule has 1 N–H and O–H groups in total. The number of hydrogen-bond donors (Lipinski definition) is 1. The minimum atomic E-state index is -2.86. The molecule has 0 spiro atoms. The Hall–Kier alpha value is -0.460. The van der Waals surface area contributed by atoms with Crippen LogP contribution in [-0.2, 0) is 22.1 Å². The molecule has 0 radical (unpaired) electrons. The first-order valence-corrected chi connectivity index (χ1v) is 9.45. The van der Waals surface area contributed by atoms with E-state index in [1.165, 1.54) is 6.26 Å². The number of thioether (sulfide) groups is 1. The van der Waals surface area contributed by atoms with Gasteiger partial charge in [0.1, 0.15) is 21.4 Å². The van der Waals surface area contributed by atoms with E-state index in [0.29, 0.717) is 18.1 Å². The Balaban J connectivity index is 2.31. The predicted octanol–water partition coefficient (Wildman–Crippen LogP) is 2.45.